The van der Waals surface area contributed by atoms with Crippen LogP contribution in [0, 0.1) is 0 Å². The Balaban J connectivity index is 1.98. The van der Waals surface area contributed by atoms with Crippen LogP contribution in [0.25, 0.3) is 10.2 Å². The Morgan fingerprint density at radius 1 is 1.33 bits per heavy atom. The Morgan fingerprint density at radius 2 is 2.19 bits per heavy atom. The lowest BCUT2D eigenvalue weighted by Crippen LogP contribution is -1.83. The van der Waals surface area contributed by atoms with Crippen molar-refractivity contribution in [3.8, 4) is 11.5 Å². The molecule has 0 saturated heterocycles. The van der Waals surface area contributed by atoms with Crippen LogP contribution in [-0.4, -0.2) is 23.4 Å². The van der Waals surface area contributed by atoms with Gasteiger partial charge >= 0.3 is 0 Å². The minimum Gasteiger partial charge on any atom is -0.507 e. The van der Waals surface area contributed by atoms with Crippen LogP contribution in [0.5, 0.6) is 11.5 Å². The average Bonchev–Trinajstić information content (AvgIpc) is 2.91. The van der Waals surface area contributed by atoms with Crippen LogP contribution in [0.15, 0.2) is 45.9 Å². The number of fused-ring (bicyclic) bond motifs is 1. The molecule has 1 N–H and O–H groups in total. The van der Waals surface area contributed by atoms with Crippen molar-refractivity contribution in [2.45, 2.75) is 0 Å². The van der Waals surface area contributed by atoms with E-state index in [1.54, 1.807) is 31.5 Å². The molecule has 1 heterocycles. The molecule has 106 valence electrons. The highest BCUT2D eigenvalue weighted by Gasteiger charge is 2.07. The van der Waals surface area contributed by atoms with Crippen molar-refractivity contribution in [2.75, 3.05) is 7.11 Å². The third kappa shape index (κ3) is 2.91. The maximum absolute atomic E-state index is 9.79. The molecule has 0 fully saturated rings. The van der Waals surface area contributed by atoms with Crippen LogP contribution in [0.4, 0.5) is 5.13 Å². The molecule has 4 nitrogen and oxygen atoms in total. The second-order valence-corrected chi connectivity index (χ2v) is 6.19. The number of hydrogen-bond donors (Lipinski definition) is 1. The number of halogens is 1. The molecule has 0 aliphatic carbocycles. The molecular formula is C15H11BrN2O2S. The Labute approximate surface area is 133 Å². The van der Waals surface area contributed by atoms with Gasteiger partial charge in [0.25, 0.3) is 0 Å². The number of thiazole rings is 1. The van der Waals surface area contributed by atoms with Crippen LogP contribution in [0.3, 0.4) is 0 Å². The molecule has 0 aliphatic rings. The molecule has 0 spiro atoms. The highest BCUT2D eigenvalue weighted by atomic mass is 79.9. The van der Waals surface area contributed by atoms with Crippen molar-refractivity contribution >= 4 is 48.8 Å². The Bertz CT molecular complexity index is 830. The molecule has 0 amide bonds. The first-order valence-electron chi connectivity index (χ1n) is 6.13. The molecule has 0 saturated carbocycles. The number of nitrogens with zero attached hydrogens (tertiary/aromatic N) is 2. The van der Waals surface area contributed by atoms with Gasteiger partial charge in [-0.05, 0) is 30.3 Å². The number of aliphatic imine (C=N–C) groups is 1. The number of ether oxygens (including phenoxy) is 1. The van der Waals surface area contributed by atoms with E-state index in [0.717, 1.165) is 20.4 Å². The summed E-state index contributed by atoms with van der Waals surface area (Å²) in [6.45, 7) is 0. The topological polar surface area (TPSA) is 54.7 Å². The molecule has 21 heavy (non-hydrogen) atoms. The van der Waals surface area contributed by atoms with Crippen molar-refractivity contribution in [3.63, 3.8) is 0 Å². The molecule has 0 aliphatic heterocycles. The first-order valence-corrected chi connectivity index (χ1v) is 7.74. The third-order valence-electron chi connectivity index (χ3n) is 2.89. The number of methoxy groups -OCH3 is 1. The number of aromatic hydroxyl groups is 1. The summed E-state index contributed by atoms with van der Waals surface area (Å²) in [7, 11) is 1.62. The lowest BCUT2D eigenvalue weighted by Gasteiger charge is -1.98. The first-order chi connectivity index (χ1) is 10.2. The van der Waals surface area contributed by atoms with E-state index < -0.39 is 0 Å². The molecule has 6 heteroatoms. The second-order valence-electron chi connectivity index (χ2n) is 4.26. The summed E-state index contributed by atoms with van der Waals surface area (Å²) in [5.74, 6) is 0.913. The average molecular weight is 363 g/mol. The van der Waals surface area contributed by atoms with Crippen LogP contribution in [0.1, 0.15) is 5.56 Å². The smallest absolute Gasteiger partial charge is 0.210 e. The Morgan fingerprint density at radius 3 is 3.00 bits per heavy atom. The summed E-state index contributed by atoms with van der Waals surface area (Å²) in [6.07, 6.45) is 1.60. The molecule has 2 aromatic carbocycles. The van der Waals surface area contributed by atoms with Gasteiger partial charge < -0.3 is 9.84 Å². The maximum Gasteiger partial charge on any atom is 0.210 e. The fourth-order valence-electron chi connectivity index (χ4n) is 1.89. The summed E-state index contributed by atoms with van der Waals surface area (Å²) >= 11 is 4.84. The minimum absolute atomic E-state index is 0.181. The molecule has 0 radical (unpaired) electrons. The first kappa shape index (κ1) is 14.0. The molecule has 3 rings (SSSR count). The van der Waals surface area contributed by atoms with Gasteiger partial charge in [0, 0.05) is 16.3 Å². The number of benzene rings is 2. The number of para-hydroxylation sites is 1. The van der Waals surface area contributed by atoms with Gasteiger partial charge in [-0.25, -0.2) is 9.98 Å². The number of hydrogen-bond acceptors (Lipinski definition) is 5. The predicted molar refractivity (Wildman–Crippen MR) is 89.2 cm³/mol. The molecule has 0 atom stereocenters. The van der Waals surface area contributed by atoms with E-state index in [4.69, 9.17) is 4.74 Å². The molecule has 0 bridgehead atoms. The largest absolute Gasteiger partial charge is 0.507 e. The summed E-state index contributed by atoms with van der Waals surface area (Å²) in [6, 6.07) is 11.0. The zero-order valence-electron chi connectivity index (χ0n) is 11.1. The van der Waals surface area contributed by atoms with Crippen LogP contribution in [0.2, 0.25) is 0 Å². The lowest BCUT2D eigenvalue weighted by atomic mass is 10.2. The Kier molecular flexibility index (Phi) is 3.90. The second kappa shape index (κ2) is 5.83. The molecule has 0 unspecified atom stereocenters. The number of rotatable bonds is 3. The third-order valence-corrected chi connectivity index (χ3v) is 4.32. The van der Waals surface area contributed by atoms with Crippen molar-refractivity contribution in [2.24, 2.45) is 4.99 Å². The quantitative estimate of drug-likeness (QED) is 0.696. The van der Waals surface area contributed by atoms with E-state index in [0.29, 0.717) is 10.7 Å². The van der Waals surface area contributed by atoms with Crippen LogP contribution >= 0.6 is 27.3 Å². The van der Waals surface area contributed by atoms with E-state index in [2.05, 4.69) is 25.9 Å². The van der Waals surface area contributed by atoms with Crippen LogP contribution < -0.4 is 4.74 Å². The maximum atomic E-state index is 9.79. The van der Waals surface area contributed by atoms with E-state index >= 15 is 0 Å². The Hall–Kier alpha value is -1.92. The van der Waals surface area contributed by atoms with E-state index in [9.17, 15) is 5.11 Å². The van der Waals surface area contributed by atoms with Gasteiger partial charge in [-0.1, -0.05) is 33.3 Å². The zero-order chi connectivity index (χ0) is 14.8. The standard InChI is InChI=1S/C15H11BrN2O2S/c1-20-12-3-2-4-13-14(12)18-15(21-13)17-8-9-7-10(16)5-6-11(9)19/h2-8,19H,1H3. The number of phenolic OH excluding ortho intramolecular Hbond substituents is 1. The summed E-state index contributed by atoms with van der Waals surface area (Å²) in [5.41, 5.74) is 1.44. The van der Waals surface area contributed by atoms with E-state index in [1.165, 1.54) is 11.3 Å². The summed E-state index contributed by atoms with van der Waals surface area (Å²) in [5, 5.41) is 10.4. The van der Waals surface area contributed by atoms with Gasteiger partial charge in [-0.2, -0.15) is 0 Å². The van der Waals surface area contributed by atoms with E-state index in [-0.39, 0.29) is 5.75 Å². The van der Waals surface area contributed by atoms with Gasteiger partial charge in [0.15, 0.2) is 0 Å². The number of phenols is 1. The van der Waals surface area contributed by atoms with Crippen LogP contribution in [-0.2, 0) is 0 Å². The summed E-state index contributed by atoms with van der Waals surface area (Å²) < 4.78 is 7.18. The van der Waals surface area contributed by atoms with Gasteiger partial charge in [0.1, 0.15) is 17.0 Å². The van der Waals surface area contributed by atoms with Gasteiger partial charge in [-0.3, -0.25) is 0 Å². The van der Waals surface area contributed by atoms with Crippen molar-refractivity contribution in [3.05, 3.63) is 46.4 Å². The molecular weight excluding hydrogens is 352 g/mol. The van der Waals surface area contributed by atoms with Crippen molar-refractivity contribution < 1.29 is 9.84 Å². The highest BCUT2D eigenvalue weighted by Crippen LogP contribution is 2.33. The van der Waals surface area contributed by atoms with Crippen molar-refractivity contribution in [1.82, 2.24) is 4.98 Å². The molecule has 1 aromatic heterocycles. The zero-order valence-corrected chi connectivity index (χ0v) is 13.5. The number of aromatic nitrogens is 1. The van der Waals surface area contributed by atoms with Gasteiger partial charge in [0.05, 0.1) is 11.8 Å². The summed E-state index contributed by atoms with van der Waals surface area (Å²) in [4.78, 5) is 8.79. The lowest BCUT2D eigenvalue weighted by molar-refractivity contribution is 0.419. The van der Waals surface area contributed by atoms with Gasteiger partial charge in [0.2, 0.25) is 5.13 Å². The monoisotopic (exact) mass is 362 g/mol. The SMILES string of the molecule is COc1cccc2sc(N=Cc3cc(Br)ccc3O)nc12. The van der Waals surface area contributed by atoms with Crippen molar-refractivity contribution in [1.29, 1.82) is 0 Å². The van der Waals surface area contributed by atoms with E-state index in [1.807, 2.05) is 18.2 Å². The minimum atomic E-state index is 0.181. The normalized spacial score (nSPS) is 11.3. The van der Waals surface area contributed by atoms with Gasteiger partial charge in [-0.15, -0.1) is 0 Å². The predicted octanol–water partition coefficient (Wildman–Crippen LogP) is 4.52. The molecule has 3 aromatic rings. The highest BCUT2D eigenvalue weighted by molar-refractivity contribution is 9.10. The fourth-order valence-corrected chi connectivity index (χ4v) is 3.09. The fraction of sp³-hybridized carbons (Fsp3) is 0.0667.